The molecule has 2 N–H and O–H groups in total. The van der Waals surface area contributed by atoms with Crippen LogP contribution in [0.25, 0.3) is 0 Å². The fraction of sp³-hybridized carbons (Fsp3) is 0.938. The summed E-state index contributed by atoms with van der Waals surface area (Å²) >= 11 is 0. The van der Waals surface area contributed by atoms with Gasteiger partial charge in [0, 0.05) is 39.1 Å². The summed E-state index contributed by atoms with van der Waals surface area (Å²) in [6.45, 7) is 10.8. The lowest BCUT2D eigenvalue weighted by Crippen LogP contribution is -2.44. The molecule has 0 spiro atoms. The third kappa shape index (κ3) is 7.85. The van der Waals surface area contributed by atoms with Gasteiger partial charge in [-0.15, -0.1) is 0 Å². The van der Waals surface area contributed by atoms with Crippen LogP contribution in [0.15, 0.2) is 0 Å². The van der Waals surface area contributed by atoms with Crippen LogP contribution < -0.4 is 10.6 Å². The van der Waals surface area contributed by atoms with Crippen molar-refractivity contribution in [2.24, 2.45) is 5.92 Å². The molecule has 4 nitrogen and oxygen atoms in total. The minimum Gasteiger partial charge on any atom is -0.356 e. The summed E-state index contributed by atoms with van der Waals surface area (Å²) in [6, 6.07) is 0. The molecule has 4 heteroatoms. The monoisotopic (exact) mass is 283 g/mol. The van der Waals surface area contributed by atoms with Crippen molar-refractivity contribution in [3.05, 3.63) is 0 Å². The number of hydrogen-bond donors (Lipinski definition) is 2. The number of carbonyl (C=O) groups is 1. The van der Waals surface area contributed by atoms with Crippen LogP contribution in [-0.2, 0) is 4.79 Å². The summed E-state index contributed by atoms with van der Waals surface area (Å²) < 4.78 is 0. The second kappa shape index (κ2) is 11.1. The standard InChI is InChI=1S/C16H33N3O/c1-3-5-7-15(4-2)14-16(20)18-8-6-11-19-12-9-17-10-13-19/h15,17H,3-14H2,1-2H3,(H,18,20). The Morgan fingerprint density at radius 3 is 2.65 bits per heavy atom. The molecular weight excluding hydrogens is 250 g/mol. The SMILES string of the molecule is CCCCC(CC)CC(=O)NCCCN1CCNCC1. The zero-order chi connectivity index (χ0) is 14.6. The Hall–Kier alpha value is -0.610. The first-order valence-corrected chi connectivity index (χ1v) is 8.46. The molecule has 1 saturated heterocycles. The molecule has 1 aliphatic rings. The van der Waals surface area contributed by atoms with Gasteiger partial charge in [0.2, 0.25) is 5.91 Å². The second-order valence-corrected chi connectivity index (χ2v) is 5.92. The van der Waals surface area contributed by atoms with Crippen molar-refractivity contribution in [2.45, 2.75) is 52.4 Å². The Kier molecular flexibility index (Phi) is 9.67. The Morgan fingerprint density at radius 1 is 1.25 bits per heavy atom. The molecule has 0 aliphatic carbocycles. The lowest BCUT2D eigenvalue weighted by Gasteiger charge is -2.27. The average molecular weight is 283 g/mol. The minimum absolute atomic E-state index is 0.244. The van der Waals surface area contributed by atoms with E-state index in [1.165, 1.54) is 19.3 Å². The molecule has 0 bridgehead atoms. The van der Waals surface area contributed by atoms with E-state index in [-0.39, 0.29) is 5.91 Å². The topological polar surface area (TPSA) is 44.4 Å². The molecule has 1 aliphatic heterocycles. The normalized spacial score (nSPS) is 17.9. The highest BCUT2D eigenvalue weighted by atomic mass is 16.1. The van der Waals surface area contributed by atoms with Gasteiger partial charge in [-0.2, -0.15) is 0 Å². The molecule has 118 valence electrons. The van der Waals surface area contributed by atoms with Gasteiger partial charge < -0.3 is 15.5 Å². The smallest absolute Gasteiger partial charge is 0.220 e. The van der Waals surface area contributed by atoms with E-state index in [0.717, 1.165) is 52.1 Å². The van der Waals surface area contributed by atoms with Gasteiger partial charge in [-0.05, 0) is 25.3 Å². The van der Waals surface area contributed by atoms with Crippen LogP contribution in [0.4, 0.5) is 0 Å². The molecular formula is C16H33N3O. The van der Waals surface area contributed by atoms with E-state index in [1.807, 2.05) is 0 Å². The second-order valence-electron chi connectivity index (χ2n) is 5.92. The fourth-order valence-electron chi connectivity index (χ4n) is 2.74. The van der Waals surface area contributed by atoms with Gasteiger partial charge in [-0.1, -0.05) is 33.1 Å². The number of nitrogens with one attached hydrogen (secondary N) is 2. The summed E-state index contributed by atoms with van der Waals surface area (Å²) in [7, 11) is 0. The first kappa shape index (κ1) is 17.4. The van der Waals surface area contributed by atoms with Crippen LogP contribution in [0, 0.1) is 5.92 Å². The maximum atomic E-state index is 11.9. The predicted molar refractivity (Wildman–Crippen MR) is 84.9 cm³/mol. The van der Waals surface area contributed by atoms with Gasteiger partial charge in [-0.3, -0.25) is 4.79 Å². The van der Waals surface area contributed by atoms with Crippen molar-refractivity contribution >= 4 is 5.91 Å². The minimum atomic E-state index is 0.244. The van der Waals surface area contributed by atoms with E-state index >= 15 is 0 Å². The number of rotatable bonds is 10. The number of carbonyl (C=O) groups excluding carboxylic acids is 1. The first-order valence-electron chi connectivity index (χ1n) is 8.46. The molecule has 0 aromatic heterocycles. The molecule has 0 aromatic carbocycles. The van der Waals surface area contributed by atoms with Crippen LogP contribution in [0.3, 0.4) is 0 Å². The fourth-order valence-corrected chi connectivity index (χ4v) is 2.74. The largest absolute Gasteiger partial charge is 0.356 e. The van der Waals surface area contributed by atoms with Crippen LogP contribution in [0.1, 0.15) is 52.4 Å². The Balaban J connectivity index is 2.03. The van der Waals surface area contributed by atoms with E-state index in [4.69, 9.17) is 0 Å². The van der Waals surface area contributed by atoms with Gasteiger partial charge in [0.1, 0.15) is 0 Å². The lowest BCUT2D eigenvalue weighted by molar-refractivity contribution is -0.122. The lowest BCUT2D eigenvalue weighted by atomic mass is 9.95. The van der Waals surface area contributed by atoms with Crippen molar-refractivity contribution in [3.8, 4) is 0 Å². The number of piperazine rings is 1. The van der Waals surface area contributed by atoms with Crippen LogP contribution in [0.5, 0.6) is 0 Å². The van der Waals surface area contributed by atoms with Gasteiger partial charge in [0.25, 0.3) is 0 Å². The number of amides is 1. The van der Waals surface area contributed by atoms with Gasteiger partial charge in [0.15, 0.2) is 0 Å². The van der Waals surface area contributed by atoms with Crippen molar-refractivity contribution in [3.63, 3.8) is 0 Å². The van der Waals surface area contributed by atoms with E-state index in [2.05, 4.69) is 29.4 Å². The Bertz CT molecular complexity index is 252. The highest BCUT2D eigenvalue weighted by Crippen LogP contribution is 2.16. The van der Waals surface area contributed by atoms with E-state index < -0.39 is 0 Å². The van der Waals surface area contributed by atoms with Crippen molar-refractivity contribution in [1.82, 2.24) is 15.5 Å². The molecule has 1 unspecified atom stereocenters. The molecule has 1 amide bonds. The predicted octanol–water partition coefficient (Wildman–Crippen LogP) is 2.00. The summed E-state index contributed by atoms with van der Waals surface area (Å²) in [5, 5.41) is 6.44. The zero-order valence-corrected chi connectivity index (χ0v) is 13.4. The highest BCUT2D eigenvalue weighted by Gasteiger charge is 2.12. The van der Waals surface area contributed by atoms with Crippen molar-refractivity contribution in [2.75, 3.05) is 39.3 Å². The van der Waals surface area contributed by atoms with Gasteiger partial charge in [0.05, 0.1) is 0 Å². The molecule has 1 atom stereocenters. The quantitative estimate of drug-likeness (QED) is 0.603. The molecule has 1 heterocycles. The molecule has 1 fully saturated rings. The Labute approximate surface area is 124 Å². The average Bonchev–Trinajstić information content (AvgIpc) is 2.49. The summed E-state index contributed by atoms with van der Waals surface area (Å²) in [5.41, 5.74) is 0. The number of nitrogens with zero attached hydrogens (tertiary/aromatic N) is 1. The highest BCUT2D eigenvalue weighted by molar-refractivity contribution is 5.76. The van der Waals surface area contributed by atoms with Crippen molar-refractivity contribution < 1.29 is 4.79 Å². The van der Waals surface area contributed by atoms with Crippen molar-refractivity contribution in [1.29, 1.82) is 0 Å². The maximum Gasteiger partial charge on any atom is 0.220 e. The number of hydrogen-bond acceptors (Lipinski definition) is 3. The van der Waals surface area contributed by atoms with Gasteiger partial charge in [-0.25, -0.2) is 0 Å². The summed E-state index contributed by atoms with van der Waals surface area (Å²) in [6.07, 6.45) is 6.56. The van der Waals surface area contributed by atoms with E-state index in [1.54, 1.807) is 0 Å². The van der Waals surface area contributed by atoms with Gasteiger partial charge >= 0.3 is 0 Å². The summed E-state index contributed by atoms with van der Waals surface area (Å²) in [5.74, 6) is 0.816. The summed E-state index contributed by atoms with van der Waals surface area (Å²) in [4.78, 5) is 14.4. The van der Waals surface area contributed by atoms with Crippen LogP contribution >= 0.6 is 0 Å². The van der Waals surface area contributed by atoms with E-state index in [0.29, 0.717) is 12.3 Å². The molecule has 20 heavy (non-hydrogen) atoms. The molecule has 1 rings (SSSR count). The zero-order valence-electron chi connectivity index (χ0n) is 13.4. The number of unbranched alkanes of at least 4 members (excludes halogenated alkanes) is 1. The maximum absolute atomic E-state index is 11.9. The molecule has 0 radical (unpaired) electrons. The molecule has 0 aromatic rings. The third-order valence-corrected chi connectivity index (χ3v) is 4.20. The van der Waals surface area contributed by atoms with Crippen LogP contribution in [-0.4, -0.2) is 50.1 Å². The first-order chi connectivity index (χ1) is 9.76. The third-order valence-electron chi connectivity index (χ3n) is 4.20. The van der Waals surface area contributed by atoms with E-state index in [9.17, 15) is 4.79 Å². The Morgan fingerprint density at radius 2 is 2.00 bits per heavy atom. The van der Waals surface area contributed by atoms with Crippen LogP contribution in [0.2, 0.25) is 0 Å². The molecule has 0 saturated carbocycles.